The van der Waals surface area contributed by atoms with Gasteiger partial charge in [0.1, 0.15) is 0 Å². The van der Waals surface area contributed by atoms with Crippen LogP contribution in [0.3, 0.4) is 0 Å². The molecule has 0 unspecified atom stereocenters. The molecule has 104 valence electrons. The van der Waals surface area contributed by atoms with E-state index in [9.17, 15) is 13.2 Å². The molecule has 0 aliphatic rings. The third kappa shape index (κ3) is 3.85. The van der Waals surface area contributed by atoms with Crippen molar-refractivity contribution >= 4 is 11.9 Å². The second-order valence-electron chi connectivity index (χ2n) is 4.36. The Bertz CT molecular complexity index is 601. The number of hydrogen-bond acceptors (Lipinski definition) is 2. The first-order chi connectivity index (χ1) is 9.45. The molecule has 2 rings (SSSR count). The summed E-state index contributed by atoms with van der Waals surface area (Å²) in [4.78, 5) is 0. The summed E-state index contributed by atoms with van der Waals surface area (Å²) in [5.74, 6) is 0. The second kappa shape index (κ2) is 5.77. The fourth-order valence-electron chi connectivity index (χ4n) is 1.60. The fourth-order valence-corrected chi connectivity index (χ4v) is 1.60. The zero-order valence-electron chi connectivity index (χ0n) is 10.8. The maximum absolute atomic E-state index is 12.5. The number of hydrogen-bond donors (Lipinski definition) is 1. The Labute approximate surface area is 114 Å². The third-order valence-corrected chi connectivity index (χ3v) is 2.67. The van der Waals surface area contributed by atoms with Crippen molar-refractivity contribution in [3.63, 3.8) is 0 Å². The lowest BCUT2D eigenvalue weighted by atomic mass is 10.2. The highest BCUT2D eigenvalue weighted by Crippen LogP contribution is 2.30. The summed E-state index contributed by atoms with van der Waals surface area (Å²) >= 11 is 0. The van der Waals surface area contributed by atoms with Gasteiger partial charge in [-0.3, -0.25) is 5.43 Å². The van der Waals surface area contributed by atoms with E-state index in [4.69, 9.17) is 0 Å². The normalized spacial score (nSPS) is 11.8. The second-order valence-corrected chi connectivity index (χ2v) is 4.36. The minimum Gasteiger partial charge on any atom is -0.278 e. The topological polar surface area (TPSA) is 24.4 Å². The van der Waals surface area contributed by atoms with Crippen LogP contribution in [0.25, 0.3) is 0 Å². The Morgan fingerprint density at radius 1 is 1.05 bits per heavy atom. The van der Waals surface area contributed by atoms with Crippen LogP contribution in [0.5, 0.6) is 0 Å². The molecule has 0 saturated heterocycles. The standard InChI is InChI=1S/C15H13F3N2/c1-11-5-7-12(8-6-11)10-19-20-14-4-2-3-13(9-14)15(16,17)18/h2-10,20H,1H3. The highest BCUT2D eigenvalue weighted by molar-refractivity contribution is 5.80. The van der Waals surface area contributed by atoms with Crippen LogP contribution >= 0.6 is 0 Å². The Morgan fingerprint density at radius 3 is 2.40 bits per heavy atom. The highest BCUT2D eigenvalue weighted by atomic mass is 19.4. The average molecular weight is 278 g/mol. The van der Waals surface area contributed by atoms with Gasteiger partial charge in [0.05, 0.1) is 17.5 Å². The number of hydrazone groups is 1. The van der Waals surface area contributed by atoms with Gasteiger partial charge in [-0.25, -0.2) is 0 Å². The van der Waals surface area contributed by atoms with Crippen LogP contribution in [0.15, 0.2) is 53.6 Å². The van der Waals surface area contributed by atoms with Crippen LogP contribution in [0.2, 0.25) is 0 Å². The minimum absolute atomic E-state index is 0.295. The van der Waals surface area contributed by atoms with E-state index in [1.54, 1.807) is 6.21 Å². The van der Waals surface area contributed by atoms with Crippen LogP contribution < -0.4 is 5.43 Å². The van der Waals surface area contributed by atoms with Gasteiger partial charge in [-0.2, -0.15) is 18.3 Å². The molecule has 0 spiro atoms. The first-order valence-corrected chi connectivity index (χ1v) is 5.98. The van der Waals surface area contributed by atoms with Gasteiger partial charge in [0.15, 0.2) is 0 Å². The Balaban J connectivity index is 2.05. The van der Waals surface area contributed by atoms with E-state index >= 15 is 0 Å². The summed E-state index contributed by atoms with van der Waals surface area (Å²) in [6.45, 7) is 1.97. The molecule has 0 amide bonds. The monoisotopic (exact) mass is 278 g/mol. The van der Waals surface area contributed by atoms with Crippen LogP contribution in [0.1, 0.15) is 16.7 Å². The summed E-state index contributed by atoms with van der Waals surface area (Å²) in [7, 11) is 0. The number of alkyl halides is 3. The average Bonchev–Trinajstić information content (AvgIpc) is 2.40. The van der Waals surface area contributed by atoms with Crippen molar-refractivity contribution < 1.29 is 13.2 Å². The van der Waals surface area contributed by atoms with Gasteiger partial charge in [-0.15, -0.1) is 0 Å². The Kier molecular flexibility index (Phi) is 4.08. The van der Waals surface area contributed by atoms with E-state index in [0.717, 1.165) is 23.3 Å². The molecule has 0 aliphatic heterocycles. The molecule has 0 heterocycles. The number of anilines is 1. The van der Waals surface area contributed by atoms with E-state index in [0.29, 0.717) is 5.69 Å². The Hall–Kier alpha value is -2.30. The molecule has 2 nitrogen and oxygen atoms in total. The van der Waals surface area contributed by atoms with Gasteiger partial charge in [-0.1, -0.05) is 35.9 Å². The van der Waals surface area contributed by atoms with Crippen molar-refractivity contribution in [2.75, 3.05) is 5.43 Å². The van der Waals surface area contributed by atoms with Gasteiger partial charge < -0.3 is 0 Å². The predicted octanol–water partition coefficient (Wildman–Crippen LogP) is 4.46. The molecule has 2 aromatic carbocycles. The number of halogens is 3. The molecule has 1 N–H and O–H groups in total. The maximum Gasteiger partial charge on any atom is 0.416 e. The van der Waals surface area contributed by atoms with E-state index in [1.807, 2.05) is 31.2 Å². The predicted molar refractivity (Wildman–Crippen MR) is 73.8 cm³/mol. The smallest absolute Gasteiger partial charge is 0.278 e. The number of benzene rings is 2. The number of nitrogens with zero attached hydrogens (tertiary/aromatic N) is 1. The van der Waals surface area contributed by atoms with Crippen molar-refractivity contribution in [3.05, 3.63) is 65.2 Å². The Morgan fingerprint density at radius 2 is 1.75 bits per heavy atom. The quantitative estimate of drug-likeness (QED) is 0.650. The lowest BCUT2D eigenvalue weighted by Crippen LogP contribution is -2.05. The van der Waals surface area contributed by atoms with Crippen LogP contribution in [-0.2, 0) is 6.18 Å². The lowest BCUT2D eigenvalue weighted by Gasteiger charge is -2.07. The summed E-state index contributed by atoms with van der Waals surface area (Å²) in [6.07, 6.45) is -2.79. The van der Waals surface area contributed by atoms with Gasteiger partial charge in [-0.05, 0) is 30.7 Å². The molecule has 0 bridgehead atoms. The van der Waals surface area contributed by atoms with Crippen molar-refractivity contribution in [2.24, 2.45) is 5.10 Å². The van der Waals surface area contributed by atoms with Crippen LogP contribution in [0.4, 0.5) is 18.9 Å². The lowest BCUT2D eigenvalue weighted by molar-refractivity contribution is -0.137. The van der Waals surface area contributed by atoms with Gasteiger partial charge in [0, 0.05) is 0 Å². The molecular weight excluding hydrogens is 265 g/mol. The molecule has 0 aliphatic carbocycles. The zero-order valence-corrected chi connectivity index (χ0v) is 10.8. The largest absolute Gasteiger partial charge is 0.416 e. The molecule has 0 fully saturated rings. The molecule has 0 aromatic heterocycles. The fraction of sp³-hybridized carbons (Fsp3) is 0.133. The van der Waals surface area contributed by atoms with Crippen molar-refractivity contribution in [1.29, 1.82) is 0 Å². The van der Waals surface area contributed by atoms with Gasteiger partial charge in [0.25, 0.3) is 0 Å². The molecule has 0 saturated carbocycles. The summed E-state index contributed by atoms with van der Waals surface area (Å²) in [5, 5.41) is 3.92. The summed E-state index contributed by atoms with van der Waals surface area (Å²) < 4.78 is 37.6. The van der Waals surface area contributed by atoms with Gasteiger partial charge >= 0.3 is 6.18 Å². The van der Waals surface area contributed by atoms with Crippen molar-refractivity contribution in [3.8, 4) is 0 Å². The first kappa shape index (κ1) is 14.1. The van der Waals surface area contributed by atoms with Crippen molar-refractivity contribution in [1.82, 2.24) is 0 Å². The van der Waals surface area contributed by atoms with E-state index in [-0.39, 0.29) is 0 Å². The molecule has 5 heteroatoms. The van der Waals surface area contributed by atoms with E-state index in [2.05, 4.69) is 10.5 Å². The number of nitrogens with one attached hydrogen (secondary N) is 1. The molecule has 0 atom stereocenters. The summed E-state index contributed by atoms with van der Waals surface area (Å²) in [6, 6.07) is 12.5. The molecule has 20 heavy (non-hydrogen) atoms. The first-order valence-electron chi connectivity index (χ1n) is 5.98. The molecule has 2 aromatic rings. The highest BCUT2D eigenvalue weighted by Gasteiger charge is 2.30. The summed E-state index contributed by atoms with van der Waals surface area (Å²) in [5.41, 5.74) is 4.19. The minimum atomic E-state index is -4.35. The van der Waals surface area contributed by atoms with E-state index < -0.39 is 11.7 Å². The SMILES string of the molecule is Cc1ccc(C=NNc2cccc(C(F)(F)F)c2)cc1. The molecular formula is C15H13F3N2. The van der Waals surface area contributed by atoms with Crippen LogP contribution in [0, 0.1) is 6.92 Å². The number of aryl methyl sites for hydroxylation is 1. The van der Waals surface area contributed by atoms with E-state index in [1.165, 1.54) is 12.1 Å². The molecule has 0 radical (unpaired) electrons. The number of rotatable bonds is 3. The maximum atomic E-state index is 12.5. The zero-order chi connectivity index (χ0) is 14.6. The third-order valence-electron chi connectivity index (χ3n) is 2.67. The van der Waals surface area contributed by atoms with Crippen LogP contribution in [-0.4, -0.2) is 6.21 Å². The van der Waals surface area contributed by atoms with Gasteiger partial charge in [0.2, 0.25) is 0 Å². The van der Waals surface area contributed by atoms with Crippen molar-refractivity contribution in [2.45, 2.75) is 13.1 Å².